The normalized spacial score (nSPS) is 24.3. The van der Waals surface area contributed by atoms with Crippen molar-refractivity contribution in [3.05, 3.63) is 0 Å². The summed E-state index contributed by atoms with van der Waals surface area (Å²) < 4.78 is 5.29. The predicted molar refractivity (Wildman–Crippen MR) is 83.4 cm³/mol. The molecule has 0 bridgehead atoms. The summed E-state index contributed by atoms with van der Waals surface area (Å²) in [5, 5.41) is 4.11. The number of thioether (sulfide) groups is 1. The van der Waals surface area contributed by atoms with E-state index in [0.29, 0.717) is 17.3 Å². The van der Waals surface area contributed by atoms with Gasteiger partial charge in [-0.15, -0.1) is 0 Å². The van der Waals surface area contributed by atoms with Gasteiger partial charge in [-0.05, 0) is 32.4 Å². The van der Waals surface area contributed by atoms with Crippen molar-refractivity contribution in [3.63, 3.8) is 0 Å². The second-order valence-electron chi connectivity index (χ2n) is 4.73. The number of nitrogens with two attached hydrogens (primary N) is 1. The number of guanidine groups is 1. The van der Waals surface area contributed by atoms with E-state index in [1.165, 1.54) is 25.7 Å². The number of nitrogens with one attached hydrogen (secondary N) is 2. The Morgan fingerprint density at radius 1 is 1.42 bits per heavy atom. The lowest BCUT2D eigenvalue weighted by Gasteiger charge is -2.31. The minimum atomic E-state index is 0.477. The van der Waals surface area contributed by atoms with Gasteiger partial charge in [-0.3, -0.25) is 10.4 Å². The minimum absolute atomic E-state index is 0.477. The number of ether oxygens (including phenoxy) is 1. The molecule has 1 rings (SSSR count). The molecule has 112 valence electrons. The number of hydrazine groups is 1. The number of aliphatic imine (C=N–C) groups is 1. The zero-order valence-corrected chi connectivity index (χ0v) is 13.0. The molecule has 19 heavy (non-hydrogen) atoms. The highest BCUT2D eigenvalue weighted by Gasteiger charge is 2.24. The fourth-order valence-electron chi connectivity index (χ4n) is 2.35. The van der Waals surface area contributed by atoms with Crippen LogP contribution in [0.5, 0.6) is 0 Å². The van der Waals surface area contributed by atoms with Gasteiger partial charge in [-0.2, -0.15) is 11.8 Å². The predicted octanol–water partition coefficient (Wildman–Crippen LogP) is 1.50. The summed E-state index contributed by atoms with van der Waals surface area (Å²) in [5.74, 6) is 6.25. The first kappa shape index (κ1) is 16.6. The van der Waals surface area contributed by atoms with Crippen LogP contribution in [0.1, 0.15) is 39.0 Å². The zero-order valence-electron chi connectivity index (χ0n) is 12.2. The first-order valence-electron chi connectivity index (χ1n) is 7.20. The summed E-state index contributed by atoms with van der Waals surface area (Å²) in [6, 6.07) is 0.477. The first-order chi connectivity index (χ1) is 9.31. The van der Waals surface area contributed by atoms with Crippen molar-refractivity contribution < 1.29 is 4.74 Å². The van der Waals surface area contributed by atoms with E-state index in [2.05, 4.69) is 22.0 Å². The third-order valence-corrected chi connectivity index (χ3v) is 4.55. The highest BCUT2D eigenvalue weighted by Crippen LogP contribution is 2.26. The molecule has 0 heterocycles. The van der Waals surface area contributed by atoms with E-state index in [1.54, 1.807) is 0 Å². The fourth-order valence-corrected chi connectivity index (χ4v) is 3.29. The molecule has 1 aliphatic carbocycles. The van der Waals surface area contributed by atoms with E-state index in [0.717, 1.165) is 26.2 Å². The van der Waals surface area contributed by atoms with Crippen molar-refractivity contribution in [1.29, 1.82) is 0 Å². The SMILES string of the molecule is CCOCCCN=C(NN)NC1CCCCC1SC. The Labute approximate surface area is 121 Å². The Morgan fingerprint density at radius 2 is 2.21 bits per heavy atom. The maximum Gasteiger partial charge on any atom is 0.205 e. The molecule has 6 heteroatoms. The molecule has 0 spiro atoms. The molecule has 4 N–H and O–H groups in total. The molecule has 1 aliphatic rings. The Balaban J connectivity index is 2.34. The summed E-state index contributed by atoms with van der Waals surface area (Å²) in [4.78, 5) is 4.46. The minimum Gasteiger partial charge on any atom is -0.382 e. The summed E-state index contributed by atoms with van der Waals surface area (Å²) >= 11 is 1.94. The summed E-state index contributed by atoms with van der Waals surface area (Å²) in [7, 11) is 0. The van der Waals surface area contributed by atoms with Crippen molar-refractivity contribution in [2.75, 3.05) is 26.0 Å². The summed E-state index contributed by atoms with van der Waals surface area (Å²) in [5.41, 5.74) is 2.67. The average Bonchev–Trinajstić information content (AvgIpc) is 2.46. The lowest BCUT2D eigenvalue weighted by Crippen LogP contribution is -2.50. The maximum atomic E-state index is 5.54. The average molecular weight is 288 g/mol. The number of hydrogen-bond donors (Lipinski definition) is 3. The van der Waals surface area contributed by atoms with Crippen molar-refractivity contribution in [3.8, 4) is 0 Å². The van der Waals surface area contributed by atoms with E-state index < -0.39 is 0 Å². The summed E-state index contributed by atoms with van der Waals surface area (Å²) in [6.07, 6.45) is 8.21. The second kappa shape index (κ2) is 10.3. The van der Waals surface area contributed by atoms with Crippen LogP contribution < -0.4 is 16.6 Å². The first-order valence-corrected chi connectivity index (χ1v) is 8.48. The van der Waals surface area contributed by atoms with Gasteiger partial charge in [0, 0.05) is 31.1 Å². The highest BCUT2D eigenvalue weighted by molar-refractivity contribution is 7.99. The third-order valence-electron chi connectivity index (χ3n) is 3.38. The van der Waals surface area contributed by atoms with Gasteiger partial charge >= 0.3 is 0 Å². The molecule has 0 saturated heterocycles. The van der Waals surface area contributed by atoms with Crippen LogP contribution in [0.3, 0.4) is 0 Å². The van der Waals surface area contributed by atoms with Gasteiger partial charge in [0.25, 0.3) is 0 Å². The smallest absolute Gasteiger partial charge is 0.205 e. The molecule has 0 amide bonds. The Morgan fingerprint density at radius 3 is 2.89 bits per heavy atom. The van der Waals surface area contributed by atoms with Crippen molar-refractivity contribution in [2.24, 2.45) is 10.8 Å². The van der Waals surface area contributed by atoms with Gasteiger partial charge in [0.15, 0.2) is 0 Å². The molecule has 0 aromatic heterocycles. The van der Waals surface area contributed by atoms with E-state index in [4.69, 9.17) is 10.6 Å². The van der Waals surface area contributed by atoms with Crippen molar-refractivity contribution in [1.82, 2.24) is 10.7 Å². The third kappa shape index (κ3) is 6.49. The lowest BCUT2D eigenvalue weighted by molar-refractivity contribution is 0.146. The molecule has 2 unspecified atom stereocenters. The largest absolute Gasteiger partial charge is 0.382 e. The van der Waals surface area contributed by atoms with Crippen LogP contribution in [0.2, 0.25) is 0 Å². The van der Waals surface area contributed by atoms with E-state index in [1.807, 2.05) is 18.7 Å². The van der Waals surface area contributed by atoms with Gasteiger partial charge < -0.3 is 10.1 Å². The van der Waals surface area contributed by atoms with Gasteiger partial charge in [0.1, 0.15) is 0 Å². The summed E-state index contributed by atoms with van der Waals surface area (Å²) in [6.45, 7) is 4.27. The molecule has 5 nitrogen and oxygen atoms in total. The van der Waals surface area contributed by atoms with Gasteiger partial charge in [0.05, 0.1) is 0 Å². The Bertz CT molecular complexity index is 263. The fraction of sp³-hybridized carbons (Fsp3) is 0.923. The number of rotatable bonds is 7. The quantitative estimate of drug-likeness (QED) is 0.218. The Kier molecular flexibility index (Phi) is 9.03. The van der Waals surface area contributed by atoms with Gasteiger partial charge in [0.2, 0.25) is 5.96 Å². The van der Waals surface area contributed by atoms with Crippen LogP contribution in [-0.4, -0.2) is 43.3 Å². The molecule has 1 fully saturated rings. The van der Waals surface area contributed by atoms with E-state index in [9.17, 15) is 0 Å². The standard InChI is InChI=1S/C13H28N4OS/c1-3-18-10-6-9-15-13(17-14)16-11-7-4-5-8-12(11)19-2/h11-12H,3-10,14H2,1-2H3,(H2,15,16,17). The van der Waals surface area contributed by atoms with Crippen LogP contribution in [0.4, 0.5) is 0 Å². The monoisotopic (exact) mass is 288 g/mol. The van der Waals surface area contributed by atoms with Crippen molar-refractivity contribution >= 4 is 17.7 Å². The number of nitrogens with zero attached hydrogens (tertiary/aromatic N) is 1. The van der Waals surface area contributed by atoms with E-state index >= 15 is 0 Å². The van der Waals surface area contributed by atoms with Gasteiger partial charge in [-0.1, -0.05) is 12.8 Å². The zero-order chi connectivity index (χ0) is 13.9. The molecule has 0 radical (unpaired) electrons. The van der Waals surface area contributed by atoms with Crippen molar-refractivity contribution in [2.45, 2.75) is 50.3 Å². The molecule has 1 saturated carbocycles. The Hall–Kier alpha value is -0.460. The maximum absolute atomic E-state index is 5.54. The molecule has 0 aliphatic heterocycles. The highest BCUT2D eigenvalue weighted by atomic mass is 32.2. The van der Waals surface area contributed by atoms with Crippen LogP contribution in [0.15, 0.2) is 4.99 Å². The van der Waals surface area contributed by atoms with E-state index in [-0.39, 0.29) is 0 Å². The molecule has 2 atom stereocenters. The number of hydrogen-bond acceptors (Lipinski definition) is 4. The second-order valence-corrected chi connectivity index (χ2v) is 5.81. The lowest BCUT2D eigenvalue weighted by atomic mass is 9.95. The van der Waals surface area contributed by atoms with Crippen LogP contribution in [-0.2, 0) is 4.74 Å². The molecular weight excluding hydrogens is 260 g/mol. The van der Waals surface area contributed by atoms with Gasteiger partial charge in [-0.25, -0.2) is 5.84 Å². The van der Waals surface area contributed by atoms with Crippen LogP contribution >= 0.6 is 11.8 Å². The topological polar surface area (TPSA) is 71.7 Å². The molecule has 0 aromatic carbocycles. The van der Waals surface area contributed by atoms with Crippen LogP contribution in [0.25, 0.3) is 0 Å². The van der Waals surface area contributed by atoms with Crippen LogP contribution in [0, 0.1) is 0 Å². The molecule has 0 aromatic rings. The molecular formula is C13H28N4OS.